The Morgan fingerprint density at radius 3 is 2.57 bits per heavy atom. The number of amides is 1. The number of methoxy groups -OCH3 is 1. The van der Waals surface area contributed by atoms with Crippen LogP contribution in [0.25, 0.3) is 6.08 Å². The highest BCUT2D eigenvalue weighted by atomic mass is 16.6. The van der Waals surface area contributed by atoms with Crippen LogP contribution in [0.4, 0.5) is 11.4 Å². The summed E-state index contributed by atoms with van der Waals surface area (Å²) in [6.45, 7) is 2.02. The van der Waals surface area contributed by atoms with Crippen molar-refractivity contribution in [2.24, 2.45) is 5.10 Å². The van der Waals surface area contributed by atoms with Crippen molar-refractivity contribution in [1.82, 2.24) is 0 Å². The van der Waals surface area contributed by atoms with Crippen molar-refractivity contribution in [2.75, 3.05) is 18.7 Å². The average molecular weight is 383 g/mol. The first-order valence-electron chi connectivity index (χ1n) is 8.34. The second-order valence-corrected chi connectivity index (χ2v) is 5.68. The molecule has 0 atom stereocenters. The van der Waals surface area contributed by atoms with Crippen LogP contribution in [-0.2, 0) is 9.53 Å². The van der Waals surface area contributed by atoms with Crippen molar-refractivity contribution >= 4 is 29.3 Å². The zero-order chi connectivity index (χ0) is 20.3. The molecule has 28 heavy (non-hydrogen) atoms. The van der Waals surface area contributed by atoms with Gasteiger partial charge in [0.15, 0.2) is 0 Å². The van der Waals surface area contributed by atoms with E-state index in [4.69, 9.17) is 9.47 Å². The van der Waals surface area contributed by atoms with Gasteiger partial charge in [-0.2, -0.15) is 5.01 Å². The molecule has 0 saturated heterocycles. The second-order valence-electron chi connectivity index (χ2n) is 5.68. The van der Waals surface area contributed by atoms with E-state index in [1.54, 1.807) is 19.1 Å². The maximum Gasteiger partial charge on any atom is 0.284 e. The summed E-state index contributed by atoms with van der Waals surface area (Å²) in [6, 6.07) is 10.2. The lowest BCUT2D eigenvalue weighted by molar-refractivity contribution is -0.384. The second kappa shape index (κ2) is 7.78. The molecule has 0 fully saturated rings. The Morgan fingerprint density at radius 2 is 1.96 bits per heavy atom. The minimum Gasteiger partial charge on any atom is -0.507 e. The largest absolute Gasteiger partial charge is 0.507 e. The van der Waals surface area contributed by atoms with E-state index in [0.29, 0.717) is 17.0 Å². The van der Waals surface area contributed by atoms with Gasteiger partial charge in [-0.05, 0) is 37.3 Å². The lowest BCUT2D eigenvalue weighted by Gasteiger charge is -2.11. The van der Waals surface area contributed by atoms with Crippen molar-refractivity contribution in [3.05, 3.63) is 63.7 Å². The van der Waals surface area contributed by atoms with Gasteiger partial charge in [0, 0.05) is 12.1 Å². The van der Waals surface area contributed by atoms with Crippen LogP contribution in [-0.4, -0.2) is 35.6 Å². The van der Waals surface area contributed by atoms with Gasteiger partial charge in [-0.25, -0.2) is 0 Å². The number of phenolic OH excluding ortho intramolecular Hbond substituents is 1. The van der Waals surface area contributed by atoms with E-state index in [9.17, 15) is 20.0 Å². The van der Waals surface area contributed by atoms with Crippen LogP contribution in [0.2, 0.25) is 0 Å². The molecule has 144 valence electrons. The van der Waals surface area contributed by atoms with Crippen LogP contribution in [0, 0.1) is 10.1 Å². The van der Waals surface area contributed by atoms with Crippen LogP contribution in [0.3, 0.4) is 0 Å². The molecule has 0 aromatic heterocycles. The summed E-state index contributed by atoms with van der Waals surface area (Å²) in [5.41, 5.74) is 0.686. The van der Waals surface area contributed by atoms with Crippen molar-refractivity contribution < 1.29 is 24.3 Å². The van der Waals surface area contributed by atoms with Crippen molar-refractivity contribution in [1.29, 1.82) is 0 Å². The number of carbonyl (C=O) groups is 1. The number of phenols is 1. The van der Waals surface area contributed by atoms with E-state index in [-0.39, 0.29) is 29.5 Å². The first kappa shape index (κ1) is 18.9. The lowest BCUT2D eigenvalue weighted by atomic mass is 10.1. The van der Waals surface area contributed by atoms with Gasteiger partial charge in [0.05, 0.1) is 29.9 Å². The van der Waals surface area contributed by atoms with Crippen LogP contribution in [0.15, 0.2) is 53.1 Å². The first-order valence-corrected chi connectivity index (χ1v) is 8.34. The number of hydrazone groups is 1. The van der Waals surface area contributed by atoms with Gasteiger partial charge in [0.25, 0.3) is 11.6 Å². The Balaban J connectivity index is 2.03. The smallest absolute Gasteiger partial charge is 0.284 e. The molecule has 2 aromatic carbocycles. The number of anilines is 1. The molecule has 0 aliphatic carbocycles. The number of hydrogen-bond acceptors (Lipinski definition) is 7. The Morgan fingerprint density at radius 1 is 1.25 bits per heavy atom. The average Bonchev–Trinajstić information content (AvgIpc) is 2.99. The Bertz CT molecular complexity index is 982. The van der Waals surface area contributed by atoms with Crippen LogP contribution in [0.5, 0.6) is 11.5 Å². The van der Waals surface area contributed by atoms with Gasteiger partial charge in [-0.15, -0.1) is 5.10 Å². The minimum atomic E-state index is -0.528. The normalized spacial score (nSPS) is 14.9. The predicted molar refractivity (Wildman–Crippen MR) is 102 cm³/mol. The zero-order valence-electron chi connectivity index (χ0n) is 15.2. The molecule has 1 aliphatic rings. The maximum atomic E-state index is 12.9. The minimum absolute atomic E-state index is 0.0655. The molecule has 1 aliphatic heterocycles. The summed E-state index contributed by atoms with van der Waals surface area (Å²) in [5, 5.41) is 26.2. The summed E-state index contributed by atoms with van der Waals surface area (Å²) < 4.78 is 10.7. The monoisotopic (exact) mass is 383 g/mol. The van der Waals surface area contributed by atoms with Gasteiger partial charge in [0.2, 0.25) is 5.90 Å². The molecule has 1 heterocycles. The maximum absolute atomic E-state index is 12.9. The quantitative estimate of drug-likeness (QED) is 0.482. The third-order valence-electron chi connectivity index (χ3n) is 3.98. The van der Waals surface area contributed by atoms with E-state index in [2.05, 4.69) is 5.10 Å². The predicted octanol–water partition coefficient (Wildman–Crippen LogP) is 3.09. The van der Waals surface area contributed by atoms with Crippen molar-refractivity contribution in [3.8, 4) is 11.5 Å². The molecule has 0 spiro atoms. The van der Waals surface area contributed by atoms with Crippen molar-refractivity contribution in [3.63, 3.8) is 0 Å². The Hall–Kier alpha value is -3.88. The highest BCUT2D eigenvalue weighted by Gasteiger charge is 2.33. The number of ether oxygens (including phenoxy) is 2. The molecular weight excluding hydrogens is 366 g/mol. The highest BCUT2D eigenvalue weighted by Crippen LogP contribution is 2.33. The molecule has 0 bridgehead atoms. The third-order valence-corrected chi connectivity index (χ3v) is 3.98. The topological polar surface area (TPSA) is 114 Å². The SMILES string of the molecule is CCOC1=NN(c2ccc([N+](=O)[O-])cc2)C(=O)C1=Cc1c(O)cccc1OC. The number of nitrogens with zero attached hydrogens (tertiary/aromatic N) is 3. The van der Waals surface area contributed by atoms with Gasteiger partial charge < -0.3 is 14.6 Å². The summed E-state index contributed by atoms with van der Waals surface area (Å²) in [7, 11) is 1.45. The fraction of sp³-hybridized carbons (Fsp3) is 0.158. The summed E-state index contributed by atoms with van der Waals surface area (Å²) in [5.74, 6) is -0.104. The molecular formula is C19H17N3O6. The molecule has 1 N–H and O–H groups in total. The summed E-state index contributed by atoms with van der Waals surface area (Å²) in [6.07, 6.45) is 1.44. The van der Waals surface area contributed by atoms with E-state index in [0.717, 1.165) is 5.01 Å². The number of non-ortho nitro benzene ring substituents is 1. The van der Waals surface area contributed by atoms with Crippen LogP contribution in [0.1, 0.15) is 12.5 Å². The van der Waals surface area contributed by atoms with Gasteiger partial charge in [-0.3, -0.25) is 14.9 Å². The Kier molecular flexibility index (Phi) is 5.25. The summed E-state index contributed by atoms with van der Waals surface area (Å²) >= 11 is 0. The van der Waals surface area contributed by atoms with Gasteiger partial charge >= 0.3 is 0 Å². The van der Waals surface area contributed by atoms with Crippen LogP contribution < -0.4 is 9.75 Å². The fourth-order valence-electron chi connectivity index (χ4n) is 2.65. The number of hydrogen-bond donors (Lipinski definition) is 1. The number of nitro groups is 1. The highest BCUT2D eigenvalue weighted by molar-refractivity contribution is 6.30. The third kappa shape index (κ3) is 3.50. The molecule has 9 nitrogen and oxygen atoms in total. The van der Waals surface area contributed by atoms with Crippen molar-refractivity contribution in [2.45, 2.75) is 6.92 Å². The molecule has 0 unspecified atom stereocenters. The first-order chi connectivity index (χ1) is 13.5. The molecule has 2 aromatic rings. The van der Waals surface area contributed by atoms with Crippen LogP contribution >= 0.6 is 0 Å². The summed E-state index contributed by atoms with van der Waals surface area (Å²) in [4.78, 5) is 23.2. The molecule has 1 amide bonds. The number of nitro benzene ring substituents is 1. The molecule has 0 saturated carbocycles. The molecule has 0 radical (unpaired) electrons. The number of aromatic hydroxyl groups is 1. The van der Waals surface area contributed by atoms with E-state index < -0.39 is 10.8 Å². The standard InChI is InChI=1S/C19H17N3O6/c1-3-28-18-15(11-14-16(23)5-4-6-17(14)27-2)19(24)21(20-18)12-7-9-13(10-8-12)22(25)26/h4-11,23H,3H2,1-2H3. The number of carbonyl (C=O) groups excluding carboxylic acids is 1. The fourth-order valence-corrected chi connectivity index (χ4v) is 2.65. The lowest BCUT2D eigenvalue weighted by Crippen LogP contribution is -2.21. The Labute approximate surface area is 160 Å². The van der Waals surface area contributed by atoms with E-state index >= 15 is 0 Å². The molecule has 3 rings (SSSR count). The van der Waals surface area contributed by atoms with Gasteiger partial charge in [0.1, 0.15) is 17.1 Å². The van der Waals surface area contributed by atoms with E-state index in [1.807, 2.05) is 0 Å². The zero-order valence-corrected chi connectivity index (χ0v) is 15.2. The van der Waals surface area contributed by atoms with Gasteiger partial charge in [-0.1, -0.05) is 6.07 Å². The number of benzene rings is 2. The van der Waals surface area contributed by atoms with E-state index in [1.165, 1.54) is 43.5 Å². The number of rotatable bonds is 5. The molecule has 9 heteroatoms.